The van der Waals surface area contributed by atoms with Crippen LogP contribution in [0.3, 0.4) is 0 Å². The molecule has 0 fully saturated rings. The second kappa shape index (κ2) is 6.34. The van der Waals surface area contributed by atoms with Gasteiger partial charge in [0, 0.05) is 18.8 Å². The minimum Gasteiger partial charge on any atom is -0.343 e. The van der Waals surface area contributed by atoms with Crippen molar-refractivity contribution in [2.75, 3.05) is 18.5 Å². The SMILES string of the molecule is CCNC(C)c1ccc(N(C)c2ccccc2)cn1. The van der Waals surface area contributed by atoms with Crippen molar-refractivity contribution in [2.45, 2.75) is 19.9 Å². The van der Waals surface area contributed by atoms with Crippen LogP contribution in [0.15, 0.2) is 48.7 Å². The summed E-state index contributed by atoms with van der Waals surface area (Å²) in [6.07, 6.45) is 1.93. The first kappa shape index (κ1) is 13.6. The Kier molecular flexibility index (Phi) is 4.53. The van der Waals surface area contributed by atoms with Crippen LogP contribution >= 0.6 is 0 Å². The molecule has 1 aromatic carbocycles. The van der Waals surface area contributed by atoms with E-state index >= 15 is 0 Å². The third-order valence-corrected chi connectivity index (χ3v) is 3.26. The van der Waals surface area contributed by atoms with Gasteiger partial charge in [0.05, 0.1) is 17.6 Å². The number of nitrogens with one attached hydrogen (secondary N) is 1. The molecule has 0 saturated heterocycles. The molecule has 1 unspecified atom stereocenters. The lowest BCUT2D eigenvalue weighted by atomic mass is 10.2. The van der Waals surface area contributed by atoms with Crippen molar-refractivity contribution in [3.8, 4) is 0 Å². The monoisotopic (exact) mass is 255 g/mol. The molecule has 2 aromatic rings. The smallest absolute Gasteiger partial charge is 0.0594 e. The first-order chi connectivity index (χ1) is 9.22. The van der Waals surface area contributed by atoms with Gasteiger partial charge in [-0.3, -0.25) is 4.98 Å². The van der Waals surface area contributed by atoms with E-state index in [0.717, 1.165) is 23.6 Å². The fraction of sp³-hybridized carbons (Fsp3) is 0.312. The van der Waals surface area contributed by atoms with Gasteiger partial charge < -0.3 is 10.2 Å². The van der Waals surface area contributed by atoms with Gasteiger partial charge in [0.25, 0.3) is 0 Å². The highest BCUT2D eigenvalue weighted by molar-refractivity contribution is 5.61. The number of nitrogens with zero attached hydrogens (tertiary/aromatic N) is 2. The van der Waals surface area contributed by atoms with Gasteiger partial charge in [0.2, 0.25) is 0 Å². The normalized spacial score (nSPS) is 12.2. The Hall–Kier alpha value is -1.87. The first-order valence-corrected chi connectivity index (χ1v) is 6.70. The largest absolute Gasteiger partial charge is 0.343 e. The van der Waals surface area contributed by atoms with E-state index < -0.39 is 0 Å². The number of hydrogen-bond donors (Lipinski definition) is 1. The molecule has 0 aliphatic heterocycles. The van der Waals surface area contributed by atoms with Gasteiger partial charge in [-0.05, 0) is 37.7 Å². The van der Waals surface area contributed by atoms with Crippen molar-refractivity contribution < 1.29 is 0 Å². The molecule has 0 radical (unpaired) electrons. The average molecular weight is 255 g/mol. The van der Waals surface area contributed by atoms with Crippen LogP contribution in [0.4, 0.5) is 11.4 Å². The maximum absolute atomic E-state index is 4.54. The van der Waals surface area contributed by atoms with E-state index in [1.807, 2.05) is 24.4 Å². The van der Waals surface area contributed by atoms with Gasteiger partial charge in [-0.1, -0.05) is 25.1 Å². The summed E-state index contributed by atoms with van der Waals surface area (Å²) in [6.45, 7) is 5.19. The molecule has 1 N–H and O–H groups in total. The molecule has 19 heavy (non-hydrogen) atoms. The Labute approximate surface area is 115 Å². The molecule has 0 aliphatic carbocycles. The quantitative estimate of drug-likeness (QED) is 0.886. The maximum atomic E-state index is 4.54. The highest BCUT2D eigenvalue weighted by atomic mass is 15.1. The molecule has 100 valence electrons. The van der Waals surface area contributed by atoms with Gasteiger partial charge in [-0.25, -0.2) is 0 Å². The summed E-state index contributed by atoms with van der Waals surface area (Å²) in [6, 6.07) is 14.8. The highest BCUT2D eigenvalue weighted by Crippen LogP contribution is 2.23. The minimum atomic E-state index is 0.293. The van der Waals surface area contributed by atoms with Crippen LogP contribution in [0, 0.1) is 0 Å². The predicted molar refractivity (Wildman–Crippen MR) is 80.8 cm³/mol. The zero-order valence-corrected chi connectivity index (χ0v) is 11.8. The van der Waals surface area contributed by atoms with Crippen LogP contribution in [0.2, 0.25) is 0 Å². The molecule has 3 nitrogen and oxygen atoms in total. The Balaban J connectivity index is 2.14. The summed E-state index contributed by atoms with van der Waals surface area (Å²) < 4.78 is 0. The summed E-state index contributed by atoms with van der Waals surface area (Å²) in [5.74, 6) is 0. The second-order valence-electron chi connectivity index (χ2n) is 4.62. The zero-order valence-electron chi connectivity index (χ0n) is 11.8. The van der Waals surface area contributed by atoms with Crippen molar-refractivity contribution in [3.05, 3.63) is 54.4 Å². The molecule has 2 rings (SSSR count). The molecule has 1 heterocycles. The van der Waals surface area contributed by atoms with Crippen LogP contribution in [0.1, 0.15) is 25.6 Å². The lowest BCUT2D eigenvalue weighted by Crippen LogP contribution is -2.19. The lowest BCUT2D eigenvalue weighted by molar-refractivity contribution is 0.583. The predicted octanol–water partition coefficient (Wildman–Crippen LogP) is 3.52. The zero-order chi connectivity index (χ0) is 13.7. The van der Waals surface area contributed by atoms with Gasteiger partial charge >= 0.3 is 0 Å². The van der Waals surface area contributed by atoms with Crippen LogP contribution in [0.25, 0.3) is 0 Å². The number of aromatic nitrogens is 1. The van der Waals surface area contributed by atoms with Crippen molar-refractivity contribution in [1.29, 1.82) is 0 Å². The summed E-state index contributed by atoms with van der Waals surface area (Å²) in [5.41, 5.74) is 3.34. The molecule has 0 amide bonds. The lowest BCUT2D eigenvalue weighted by Gasteiger charge is -2.20. The van der Waals surface area contributed by atoms with E-state index in [1.165, 1.54) is 0 Å². The van der Waals surface area contributed by atoms with Crippen LogP contribution in [-0.2, 0) is 0 Å². The molecular formula is C16H21N3. The van der Waals surface area contributed by atoms with Gasteiger partial charge in [-0.2, -0.15) is 0 Å². The Bertz CT molecular complexity index is 493. The van der Waals surface area contributed by atoms with Gasteiger partial charge in [0.1, 0.15) is 0 Å². The molecular weight excluding hydrogens is 234 g/mol. The third-order valence-electron chi connectivity index (χ3n) is 3.26. The van der Waals surface area contributed by atoms with E-state index in [2.05, 4.69) is 60.4 Å². The molecule has 1 aromatic heterocycles. The van der Waals surface area contributed by atoms with Crippen molar-refractivity contribution in [3.63, 3.8) is 0 Å². The maximum Gasteiger partial charge on any atom is 0.0594 e. The van der Waals surface area contributed by atoms with E-state index in [1.54, 1.807) is 0 Å². The fourth-order valence-electron chi connectivity index (χ4n) is 2.06. The number of pyridine rings is 1. The summed E-state index contributed by atoms with van der Waals surface area (Å²) in [5, 5.41) is 3.37. The molecule has 0 aliphatic rings. The second-order valence-corrected chi connectivity index (χ2v) is 4.62. The van der Waals surface area contributed by atoms with Crippen LogP contribution in [-0.4, -0.2) is 18.6 Å². The Morgan fingerprint density at radius 1 is 1.11 bits per heavy atom. The molecule has 1 atom stereocenters. The number of para-hydroxylation sites is 1. The van der Waals surface area contributed by atoms with Crippen molar-refractivity contribution in [1.82, 2.24) is 10.3 Å². The van der Waals surface area contributed by atoms with E-state index in [9.17, 15) is 0 Å². The van der Waals surface area contributed by atoms with Gasteiger partial charge in [0.15, 0.2) is 0 Å². The van der Waals surface area contributed by atoms with E-state index in [0.29, 0.717) is 6.04 Å². The van der Waals surface area contributed by atoms with Crippen molar-refractivity contribution in [2.24, 2.45) is 0 Å². The van der Waals surface area contributed by atoms with Crippen LogP contribution < -0.4 is 10.2 Å². The average Bonchev–Trinajstić information content (AvgIpc) is 2.48. The molecule has 0 bridgehead atoms. The summed E-state index contributed by atoms with van der Waals surface area (Å²) in [4.78, 5) is 6.67. The van der Waals surface area contributed by atoms with Gasteiger partial charge in [-0.15, -0.1) is 0 Å². The number of benzene rings is 1. The number of hydrogen-bond acceptors (Lipinski definition) is 3. The Morgan fingerprint density at radius 2 is 1.84 bits per heavy atom. The highest BCUT2D eigenvalue weighted by Gasteiger charge is 2.07. The molecule has 0 spiro atoms. The number of rotatable bonds is 5. The van der Waals surface area contributed by atoms with E-state index in [-0.39, 0.29) is 0 Å². The minimum absolute atomic E-state index is 0.293. The molecule has 0 saturated carbocycles. The standard InChI is InChI=1S/C16H21N3/c1-4-17-13(2)16-11-10-15(12-18-16)19(3)14-8-6-5-7-9-14/h5-13,17H,4H2,1-3H3. The summed E-state index contributed by atoms with van der Waals surface area (Å²) >= 11 is 0. The first-order valence-electron chi connectivity index (χ1n) is 6.70. The van der Waals surface area contributed by atoms with Crippen LogP contribution in [0.5, 0.6) is 0 Å². The Morgan fingerprint density at radius 3 is 2.42 bits per heavy atom. The molecule has 3 heteroatoms. The van der Waals surface area contributed by atoms with Crippen molar-refractivity contribution >= 4 is 11.4 Å². The van der Waals surface area contributed by atoms with E-state index in [4.69, 9.17) is 0 Å². The topological polar surface area (TPSA) is 28.2 Å². The summed E-state index contributed by atoms with van der Waals surface area (Å²) in [7, 11) is 2.06. The third kappa shape index (κ3) is 3.32. The number of anilines is 2. The fourth-order valence-corrected chi connectivity index (χ4v) is 2.06.